The molecule has 0 spiro atoms. The lowest BCUT2D eigenvalue weighted by atomic mass is 10.2. The van der Waals surface area contributed by atoms with E-state index in [2.05, 4.69) is 10.5 Å². The number of para-hydroxylation sites is 1. The van der Waals surface area contributed by atoms with Crippen molar-refractivity contribution in [1.29, 1.82) is 5.26 Å². The van der Waals surface area contributed by atoms with Gasteiger partial charge in [0.15, 0.2) is 0 Å². The Balaban J connectivity index is 2.21. The van der Waals surface area contributed by atoms with Gasteiger partial charge in [-0.15, -0.1) is 5.10 Å². The van der Waals surface area contributed by atoms with Gasteiger partial charge in [0.05, 0.1) is 11.3 Å². The molecule has 5 heteroatoms. The largest absolute Gasteiger partial charge is 0.435 e. The molecule has 0 bridgehead atoms. The van der Waals surface area contributed by atoms with Gasteiger partial charge in [-0.3, -0.25) is 10.2 Å². The van der Waals surface area contributed by atoms with Crippen LogP contribution in [0.15, 0.2) is 53.6 Å². The van der Waals surface area contributed by atoms with Crippen LogP contribution in [0.3, 0.4) is 0 Å². The summed E-state index contributed by atoms with van der Waals surface area (Å²) in [6.45, 7) is 3.30. The van der Waals surface area contributed by atoms with Crippen LogP contribution in [0.25, 0.3) is 0 Å². The van der Waals surface area contributed by atoms with Gasteiger partial charge in [-0.05, 0) is 36.8 Å². The fraction of sp³-hybridized carbons (Fsp3) is 0.118. The molecule has 0 saturated heterocycles. The van der Waals surface area contributed by atoms with Crippen molar-refractivity contribution in [3.63, 3.8) is 0 Å². The Hall–Kier alpha value is -3.13. The Morgan fingerprint density at radius 3 is 2.68 bits per heavy atom. The van der Waals surface area contributed by atoms with Gasteiger partial charge in [-0.1, -0.05) is 24.3 Å². The molecule has 0 aliphatic rings. The quantitative estimate of drug-likeness (QED) is 0.533. The number of hydrazone groups is 1. The second kappa shape index (κ2) is 7.04. The minimum Gasteiger partial charge on any atom is -0.435 e. The molecular formula is C17H15N3O2. The highest BCUT2D eigenvalue weighted by Crippen LogP contribution is 2.15. The van der Waals surface area contributed by atoms with Crippen molar-refractivity contribution >= 4 is 17.4 Å². The second-order valence-corrected chi connectivity index (χ2v) is 4.66. The zero-order valence-corrected chi connectivity index (χ0v) is 12.3. The summed E-state index contributed by atoms with van der Waals surface area (Å²) in [5.41, 5.74) is 4.66. The van der Waals surface area contributed by atoms with Gasteiger partial charge >= 0.3 is 0 Å². The van der Waals surface area contributed by atoms with Crippen LogP contribution in [-0.4, -0.2) is 11.7 Å². The highest BCUT2D eigenvalue weighted by molar-refractivity contribution is 6.36. The number of benzene rings is 2. The lowest BCUT2D eigenvalue weighted by molar-refractivity contribution is -0.111. The summed E-state index contributed by atoms with van der Waals surface area (Å²) >= 11 is 0. The molecule has 0 aliphatic carbocycles. The molecule has 0 saturated carbocycles. The summed E-state index contributed by atoms with van der Waals surface area (Å²) in [6.07, 6.45) is 0. The third kappa shape index (κ3) is 3.93. The van der Waals surface area contributed by atoms with Crippen molar-refractivity contribution in [2.75, 3.05) is 5.43 Å². The van der Waals surface area contributed by atoms with Gasteiger partial charge in [-0.25, -0.2) is 0 Å². The number of carbonyl (C=O) groups is 1. The van der Waals surface area contributed by atoms with E-state index in [-0.39, 0.29) is 11.7 Å². The number of nitriles is 1. The van der Waals surface area contributed by atoms with E-state index in [1.54, 1.807) is 30.3 Å². The lowest BCUT2D eigenvalue weighted by Crippen LogP contribution is -2.19. The SMILES string of the molecule is CC(=O)/C(=N\Nc1ccccc1C#N)Oc1cccc(C)c1. The Bertz CT molecular complexity index is 760. The molecule has 22 heavy (non-hydrogen) atoms. The zero-order valence-electron chi connectivity index (χ0n) is 12.3. The molecule has 1 N–H and O–H groups in total. The van der Waals surface area contributed by atoms with Crippen molar-refractivity contribution in [2.45, 2.75) is 13.8 Å². The number of hydrogen-bond acceptors (Lipinski definition) is 5. The van der Waals surface area contributed by atoms with E-state index in [9.17, 15) is 4.79 Å². The number of aryl methyl sites for hydroxylation is 1. The maximum Gasteiger partial charge on any atom is 0.280 e. The van der Waals surface area contributed by atoms with Crippen LogP contribution >= 0.6 is 0 Å². The van der Waals surface area contributed by atoms with Gasteiger partial charge in [0.25, 0.3) is 5.90 Å². The van der Waals surface area contributed by atoms with E-state index in [1.165, 1.54) is 6.92 Å². The molecule has 5 nitrogen and oxygen atoms in total. The number of ketones is 1. The molecular weight excluding hydrogens is 278 g/mol. The van der Waals surface area contributed by atoms with Crippen molar-refractivity contribution in [3.05, 3.63) is 59.7 Å². The molecule has 0 atom stereocenters. The van der Waals surface area contributed by atoms with Crippen LogP contribution in [0.4, 0.5) is 5.69 Å². The first-order valence-electron chi connectivity index (χ1n) is 6.68. The average Bonchev–Trinajstić information content (AvgIpc) is 2.51. The van der Waals surface area contributed by atoms with E-state index in [0.717, 1.165) is 5.56 Å². The maximum absolute atomic E-state index is 11.6. The molecule has 0 unspecified atom stereocenters. The molecule has 0 amide bonds. The number of nitrogens with zero attached hydrogens (tertiary/aromatic N) is 2. The lowest BCUT2D eigenvalue weighted by Gasteiger charge is -2.08. The van der Waals surface area contributed by atoms with Gasteiger partial charge < -0.3 is 4.74 Å². The number of rotatable bonds is 4. The van der Waals surface area contributed by atoms with Gasteiger partial charge in [0, 0.05) is 6.92 Å². The van der Waals surface area contributed by atoms with E-state index >= 15 is 0 Å². The number of nitrogens with one attached hydrogen (secondary N) is 1. The molecule has 0 heterocycles. The standard InChI is InChI=1S/C17H15N3O2/c1-12-6-5-8-15(10-12)22-17(13(2)21)20-19-16-9-4-3-7-14(16)11-18/h3-10,19H,1-2H3/b20-17+. The van der Waals surface area contributed by atoms with Crippen molar-refractivity contribution in [2.24, 2.45) is 5.10 Å². The monoisotopic (exact) mass is 293 g/mol. The van der Waals surface area contributed by atoms with Crippen molar-refractivity contribution < 1.29 is 9.53 Å². The highest BCUT2D eigenvalue weighted by Gasteiger charge is 2.10. The minimum atomic E-state index is -0.316. The number of hydrogen-bond donors (Lipinski definition) is 1. The van der Waals surface area contributed by atoms with E-state index < -0.39 is 0 Å². The predicted molar refractivity (Wildman–Crippen MR) is 84.7 cm³/mol. The number of Topliss-reactive ketones (excluding diaryl/α,β-unsaturated/α-hetero) is 1. The first-order valence-corrected chi connectivity index (χ1v) is 6.68. The molecule has 110 valence electrons. The predicted octanol–water partition coefficient (Wildman–Crippen LogP) is 3.26. The molecule has 0 fully saturated rings. The fourth-order valence-corrected chi connectivity index (χ4v) is 1.75. The summed E-state index contributed by atoms with van der Waals surface area (Å²) < 4.78 is 5.51. The van der Waals surface area contributed by atoms with Crippen LogP contribution in [0.1, 0.15) is 18.1 Å². The van der Waals surface area contributed by atoms with Crippen LogP contribution in [0.5, 0.6) is 5.75 Å². The topological polar surface area (TPSA) is 74.5 Å². The van der Waals surface area contributed by atoms with Crippen LogP contribution in [-0.2, 0) is 4.79 Å². The summed E-state index contributed by atoms with van der Waals surface area (Å²) in [7, 11) is 0. The summed E-state index contributed by atoms with van der Waals surface area (Å²) in [5.74, 6) is 0.145. The summed E-state index contributed by atoms with van der Waals surface area (Å²) in [4.78, 5) is 11.6. The van der Waals surface area contributed by atoms with Gasteiger partial charge in [-0.2, -0.15) is 5.26 Å². The highest BCUT2D eigenvalue weighted by atomic mass is 16.5. The van der Waals surface area contributed by atoms with Crippen LogP contribution in [0.2, 0.25) is 0 Å². The Labute approximate surface area is 128 Å². The molecule has 2 aromatic carbocycles. The Kier molecular flexibility index (Phi) is 4.89. The fourth-order valence-electron chi connectivity index (χ4n) is 1.75. The van der Waals surface area contributed by atoms with E-state index in [1.807, 2.05) is 31.2 Å². The van der Waals surface area contributed by atoms with Crippen molar-refractivity contribution in [3.8, 4) is 11.8 Å². The molecule has 2 aromatic rings. The van der Waals surface area contributed by atoms with E-state index in [4.69, 9.17) is 10.00 Å². The minimum absolute atomic E-state index is 0.0710. The summed E-state index contributed by atoms with van der Waals surface area (Å²) in [5, 5.41) is 13.0. The Morgan fingerprint density at radius 2 is 2.00 bits per heavy atom. The zero-order chi connectivity index (χ0) is 15.9. The third-order valence-electron chi connectivity index (χ3n) is 2.83. The number of anilines is 1. The van der Waals surface area contributed by atoms with Crippen LogP contribution < -0.4 is 10.2 Å². The maximum atomic E-state index is 11.6. The van der Waals surface area contributed by atoms with Crippen LogP contribution in [0, 0.1) is 18.3 Å². The number of ether oxygens (including phenoxy) is 1. The Morgan fingerprint density at radius 1 is 1.23 bits per heavy atom. The van der Waals surface area contributed by atoms with E-state index in [0.29, 0.717) is 17.0 Å². The number of carbonyl (C=O) groups excluding carboxylic acids is 1. The van der Waals surface area contributed by atoms with Crippen molar-refractivity contribution in [1.82, 2.24) is 0 Å². The smallest absolute Gasteiger partial charge is 0.280 e. The molecule has 0 aromatic heterocycles. The first kappa shape index (κ1) is 15.3. The third-order valence-corrected chi connectivity index (χ3v) is 2.83. The normalized spacial score (nSPS) is 10.7. The average molecular weight is 293 g/mol. The summed E-state index contributed by atoms with van der Waals surface area (Å²) in [6, 6.07) is 16.2. The molecule has 0 radical (unpaired) electrons. The second-order valence-electron chi connectivity index (χ2n) is 4.66. The molecule has 0 aliphatic heterocycles. The molecule has 2 rings (SSSR count). The first-order chi connectivity index (χ1) is 10.6. The van der Waals surface area contributed by atoms with Gasteiger partial charge in [0.2, 0.25) is 5.78 Å². The van der Waals surface area contributed by atoms with Gasteiger partial charge in [0.1, 0.15) is 11.8 Å².